The van der Waals surface area contributed by atoms with Gasteiger partial charge in [0.15, 0.2) is 0 Å². The molecule has 0 unspecified atom stereocenters. The highest BCUT2D eigenvalue weighted by atomic mass is 35.5. The minimum Gasteiger partial charge on any atom is -0.345 e. The van der Waals surface area contributed by atoms with E-state index in [0.29, 0.717) is 16.1 Å². The van der Waals surface area contributed by atoms with Crippen molar-refractivity contribution in [1.82, 2.24) is 10.2 Å². The Morgan fingerprint density at radius 1 is 1.15 bits per heavy atom. The molecule has 2 aliphatic heterocycles. The summed E-state index contributed by atoms with van der Waals surface area (Å²) in [6.45, 7) is 0. The van der Waals surface area contributed by atoms with Gasteiger partial charge in [0.2, 0.25) is 0 Å². The van der Waals surface area contributed by atoms with E-state index in [0.717, 1.165) is 27.5 Å². The summed E-state index contributed by atoms with van der Waals surface area (Å²) in [6.07, 6.45) is 0.800. The molecule has 2 heterocycles. The number of fused-ring (bicyclic) bond motifs is 2. The molecule has 1 N–H and O–H groups in total. The topological polar surface area (TPSA) is 66.5 Å². The molecule has 2 aromatic rings. The zero-order chi connectivity index (χ0) is 18.4. The first-order valence-electron chi connectivity index (χ1n) is 8.15. The van der Waals surface area contributed by atoms with Crippen LogP contribution in [0, 0.1) is 0 Å². The Bertz CT molecular complexity index is 960. The van der Waals surface area contributed by atoms with Gasteiger partial charge in [-0.1, -0.05) is 11.6 Å². The van der Waals surface area contributed by atoms with Gasteiger partial charge in [-0.3, -0.25) is 19.3 Å². The molecule has 0 spiro atoms. The SMILES string of the molecule is CN1C(=O)c2ccc(C(=O)N[C@@H]3CCSc4ccc(Cl)cc43)cc2C1=O. The molecule has 4 rings (SSSR count). The number of halogens is 1. The molecule has 0 aromatic heterocycles. The molecule has 2 aliphatic rings. The van der Waals surface area contributed by atoms with Gasteiger partial charge in [-0.05, 0) is 48.4 Å². The summed E-state index contributed by atoms with van der Waals surface area (Å²) in [5.74, 6) is -0.0947. The van der Waals surface area contributed by atoms with E-state index in [4.69, 9.17) is 11.6 Å². The normalized spacial score (nSPS) is 18.5. The van der Waals surface area contributed by atoms with Crippen molar-refractivity contribution >= 4 is 41.1 Å². The second-order valence-electron chi connectivity index (χ2n) is 6.28. The summed E-state index contributed by atoms with van der Waals surface area (Å²) in [5, 5.41) is 3.66. The van der Waals surface area contributed by atoms with E-state index >= 15 is 0 Å². The van der Waals surface area contributed by atoms with E-state index in [-0.39, 0.29) is 29.3 Å². The Hall–Kier alpha value is -2.31. The minimum absolute atomic E-state index is 0.134. The number of nitrogens with zero attached hydrogens (tertiary/aromatic N) is 1. The monoisotopic (exact) mass is 386 g/mol. The number of hydrogen-bond donors (Lipinski definition) is 1. The van der Waals surface area contributed by atoms with Crippen LogP contribution in [0.2, 0.25) is 5.02 Å². The molecule has 0 radical (unpaired) electrons. The molecule has 3 amide bonds. The van der Waals surface area contributed by atoms with Crippen LogP contribution in [0.1, 0.15) is 49.1 Å². The third-order valence-electron chi connectivity index (χ3n) is 4.67. The molecule has 1 atom stereocenters. The minimum atomic E-state index is -0.383. The fraction of sp³-hybridized carbons (Fsp3) is 0.211. The van der Waals surface area contributed by atoms with E-state index in [1.54, 1.807) is 17.8 Å². The van der Waals surface area contributed by atoms with Gasteiger partial charge in [-0.2, -0.15) is 0 Å². The second kappa shape index (κ2) is 6.45. The van der Waals surface area contributed by atoms with Crippen molar-refractivity contribution in [2.24, 2.45) is 0 Å². The van der Waals surface area contributed by atoms with E-state index in [1.807, 2.05) is 18.2 Å². The predicted molar refractivity (Wildman–Crippen MR) is 99.9 cm³/mol. The Morgan fingerprint density at radius 3 is 2.73 bits per heavy atom. The lowest BCUT2D eigenvalue weighted by Gasteiger charge is -2.26. The standard InChI is InChI=1S/C19H15ClN2O3S/c1-22-18(24)12-4-2-10(8-13(12)19(22)25)17(23)21-15-6-7-26-16-5-3-11(20)9-14(15)16/h2-5,8-9,15H,6-7H2,1H3,(H,21,23)/t15-/m1/s1. The van der Waals surface area contributed by atoms with Crippen LogP contribution in [0.25, 0.3) is 0 Å². The number of hydrogen-bond acceptors (Lipinski definition) is 4. The Balaban J connectivity index is 1.60. The zero-order valence-electron chi connectivity index (χ0n) is 13.9. The van der Waals surface area contributed by atoms with Crippen molar-refractivity contribution in [3.63, 3.8) is 0 Å². The van der Waals surface area contributed by atoms with Crippen LogP contribution in [0.15, 0.2) is 41.3 Å². The van der Waals surface area contributed by atoms with Crippen LogP contribution >= 0.6 is 23.4 Å². The largest absolute Gasteiger partial charge is 0.345 e. The van der Waals surface area contributed by atoms with Gasteiger partial charge in [0.25, 0.3) is 17.7 Å². The molecule has 2 aromatic carbocycles. The molecule has 5 nitrogen and oxygen atoms in total. The van der Waals surface area contributed by atoms with Crippen molar-refractivity contribution < 1.29 is 14.4 Å². The van der Waals surface area contributed by atoms with Crippen molar-refractivity contribution in [3.8, 4) is 0 Å². The summed E-state index contributed by atoms with van der Waals surface area (Å²) in [5.41, 5.74) is 1.98. The fourth-order valence-electron chi connectivity index (χ4n) is 3.26. The maximum Gasteiger partial charge on any atom is 0.261 e. The third kappa shape index (κ3) is 2.79. The Labute approximate surface area is 159 Å². The summed E-state index contributed by atoms with van der Waals surface area (Å²) in [6, 6.07) is 10.2. The number of carbonyl (C=O) groups is 3. The summed E-state index contributed by atoms with van der Waals surface area (Å²) >= 11 is 7.85. The van der Waals surface area contributed by atoms with Crippen LogP contribution in [0.3, 0.4) is 0 Å². The highest BCUT2D eigenvalue weighted by Crippen LogP contribution is 2.37. The number of imide groups is 1. The molecule has 132 valence electrons. The Morgan fingerprint density at radius 2 is 1.92 bits per heavy atom. The number of amides is 3. The first kappa shape index (κ1) is 17.1. The Kier molecular flexibility index (Phi) is 4.25. The van der Waals surface area contributed by atoms with Crippen LogP contribution in [0.5, 0.6) is 0 Å². The second-order valence-corrected chi connectivity index (χ2v) is 7.85. The van der Waals surface area contributed by atoms with E-state index in [2.05, 4.69) is 5.32 Å². The smallest absolute Gasteiger partial charge is 0.261 e. The lowest BCUT2D eigenvalue weighted by Crippen LogP contribution is -2.30. The molecule has 26 heavy (non-hydrogen) atoms. The number of rotatable bonds is 2. The zero-order valence-corrected chi connectivity index (χ0v) is 15.5. The van der Waals surface area contributed by atoms with Gasteiger partial charge in [0.05, 0.1) is 17.2 Å². The van der Waals surface area contributed by atoms with Gasteiger partial charge in [0.1, 0.15) is 0 Å². The third-order valence-corrected chi connectivity index (χ3v) is 6.03. The van der Waals surface area contributed by atoms with E-state index in [9.17, 15) is 14.4 Å². The van der Waals surface area contributed by atoms with Crippen LogP contribution in [-0.4, -0.2) is 35.4 Å². The van der Waals surface area contributed by atoms with Crippen LogP contribution in [0.4, 0.5) is 0 Å². The van der Waals surface area contributed by atoms with Crippen LogP contribution in [-0.2, 0) is 0 Å². The first-order valence-corrected chi connectivity index (χ1v) is 9.51. The first-order chi connectivity index (χ1) is 12.5. The maximum atomic E-state index is 12.7. The summed E-state index contributed by atoms with van der Waals surface area (Å²) in [7, 11) is 1.44. The summed E-state index contributed by atoms with van der Waals surface area (Å²) in [4.78, 5) is 39.0. The number of benzene rings is 2. The highest BCUT2D eigenvalue weighted by molar-refractivity contribution is 7.99. The van der Waals surface area contributed by atoms with Crippen molar-refractivity contribution in [2.75, 3.05) is 12.8 Å². The van der Waals surface area contributed by atoms with E-state index < -0.39 is 0 Å². The van der Waals surface area contributed by atoms with Gasteiger partial charge >= 0.3 is 0 Å². The summed E-state index contributed by atoms with van der Waals surface area (Å²) < 4.78 is 0. The van der Waals surface area contributed by atoms with Gasteiger partial charge in [0, 0.05) is 28.3 Å². The maximum absolute atomic E-state index is 12.7. The predicted octanol–water partition coefficient (Wildman–Crippen LogP) is 3.53. The molecule has 0 saturated heterocycles. The van der Waals surface area contributed by atoms with E-state index in [1.165, 1.54) is 19.2 Å². The lowest BCUT2D eigenvalue weighted by molar-refractivity contribution is 0.0693. The molecule has 7 heteroatoms. The number of thioether (sulfide) groups is 1. The molecule has 0 fully saturated rings. The number of nitrogens with one attached hydrogen (secondary N) is 1. The van der Waals surface area contributed by atoms with Gasteiger partial charge in [-0.15, -0.1) is 11.8 Å². The van der Waals surface area contributed by atoms with Crippen molar-refractivity contribution in [1.29, 1.82) is 0 Å². The molecule has 0 bridgehead atoms. The molecule has 0 saturated carbocycles. The van der Waals surface area contributed by atoms with Crippen molar-refractivity contribution in [3.05, 3.63) is 63.7 Å². The van der Waals surface area contributed by atoms with Crippen LogP contribution < -0.4 is 5.32 Å². The molecule has 0 aliphatic carbocycles. The van der Waals surface area contributed by atoms with Gasteiger partial charge in [-0.25, -0.2) is 0 Å². The number of carbonyl (C=O) groups excluding carboxylic acids is 3. The lowest BCUT2D eigenvalue weighted by atomic mass is 10.0. The molecular formula is C19H15ClN2O3S. The van der Waals surface area contributed by atoms with Crippen molar-refractivity contribution in [2.45, 2.75) is 17.4 Å². The highest BCUT2D eigenvalue weighted by Gasteiger charge is 2.33. The van der Waals surface area contributed by atoms with Gasteiger partial charge < -0.3 is 5.32 Å². The average Bonchev–Trinajstić information content (AvgIpc) is 2.86. The fourth-order valence-corrected chi connectivity index (χ4v) is 4.55. The quantitative estimate of drug-likeness (QED) is 0.802. The molecular weight excluding hydrogens is 372 g/mol. The average molecular weight is 387 g/mol.